The molecule has 0 fully saturated rings. The molecule has 0 bridgehead atoms. The van der Waals surface area contributed by atoms with Crippen LogP contribution >= 0.6 is 23.8 Å². The minimum absolute atomic E-state index is 0.431. The quantitative estimate of drug-likeness (QED) is 0.591. The van der Waals surface area contributed by atoms with Gasteiger partial charge < -0.3 is 15.6 Å². The van der Waals surface area contributed by atoms with E-state index >= 15 is 0 Å². The first-order chi connectivity index (χ1) is 8.74. The highest BCUT2D eigenvalue weighted by atomic mass is 35.5. The van der Waals surface area contributed by atoms with Gasteiger partial charge in [0.15, 0.2) is 5.11 Å². The number of aromatic nitrogens is 3. The Kier molecular flexibility index (Phi) is 4.49. The molecule has 0 amide bonds. The third kappa shape index (κ3) is 3.97. The highest BCUT2D eigenvalue weighted by Gasteiger charge is 1.99. The lowest BCUT2D eigenvalue weighted by Crippen LogP contribution is -2.30. The van der Waals surface area contributed by atoms with Crippen molar-refractivity contribution < 1.29 is 0 Å². The van der Waals surface area contributed by atoms with Crippen LogP contribution in [0.3, 0.4) is 0 Å². The molecule has 18 heavy (non-hydrogen) atoms. The van der Waals surface area contributed by atoms with E-state index in [-0.39, 0.29) is 0 Å². The lowest BCUT2D eigenvalue weighted by atomic mass is 10.3. The molecule has 2 aromatic rings. The largest absolute Gasteiger partial charge is 0.362 e. The van der Waals surface area contributed by atoms with E-state index in [4.69, 9.17) is 23.8 Å². The summed E-state index contributed by atoms with van der Waals surface area (Å²) in [5.41, 5.74) is 1.06. The zero-order valence-corrected chi connectivity index (χ0v) is 11.1. The summed E-state index contributed by atoms with van der Waals surface area (Å²) in [4.78, 5) is 11.0. The molecular formula is C11H12ClN5S. The number of pyridine rings is 1. The summed E-state index contributed by atoms with van der Waals surface area (Å²) in [5, 5.41) is 6.99. The average Bonchev–Trinajstić information content (AvgIpc) is 2.82. The van der Waals surface area contributed by atoms with E-state index in [1.165, 1.54) is 0 Å². The van der Waals surface area contributed by atoms with E-state index in [0.717, 1.165) is 12.1 Å². The maximum absolute atomic E-state index is 5.77. The lowest BCUT2D eigenvalue weighted by Gasteiger charge is -2.09. The van der Waals surface area contributed by atoms with Crippen molar-refractivity contribution in [1.29, 1.82) is 0 Å². The van der Waals surface area contributed by atoms with Gasteiger partial charge in [-0.2, -0.15) is 0 Å². The van der Waals surface area contributed by atoms with E-state index < -0.39 is 0 Å². The predicted molar refractivity (Wildman–Crippen MR) is 75.8 cm³/mol. The summed E-state index contributed by atoms with van der Waals surface area (Å²) in [6.45, 7) is 0.717. The zero-order chi connectivity index (χ0) is 12.8. The topological polar surface area (TPSA) is 65.6 Å². The Balaban J connectivity index is 1.75. The van der Waals surface area contributed by atoms with Gasteiger partial charge in [0.25, 0.3) is 0 Å². The van der Waals surface area contributed by atoms with Crippen molar-refractivity contribution in [2.75, 3.05) is 11.9 Å². The summed E-state index contributed by atoms with van der Waals surface area (Å²) in [6.07, 6.45) is 4.27. The van der Waals surface area contributed by atoms with Crippen molar-refractivity contribution in [1.82, 2.24) is 20.3 Å². The van der Waals surface area contributed by atoms with Gasteiger partial charge in [0.2, 0.25) is 0 Å². The second-order valence-corrected chi connectivity index (χ2v) is 4.35. The van der Waals surface area contributed by atoms with E-state index in [9.17, 15) is 0 Å². The standard InChI is InChI=1S/C11H12ClN5S/c12-9-2-1-3-10(16-9)17-11(18)14-5-4-8-6-13-7-15-8/h1-3,6-7H,4-5H2,(H,13,15)(H2,14,16,17,18). The van der Waals surface area contributed by atoms with E-state index in [2.05, 4.69) is 25.6 Å². The number of H-pyrrole nitrogens is 1. The Morgan fingerprint density at radius 2 is 2.33 bits per heavy atom. The molecule has 0 atom stereocenters. The number of nitrogens with zero attached hydrogens (tertiary/aromatic N) is 2. The molecule has 0 unspecified atom stereocenters. The molecule has 0 aliphatic heterocycles. The van der Waals surface area contributed by atoms with Gasteiger partial charge in [-0.15, -0.1) is 0 Å². The Labute approximate surface area is 115 Å². The predicted octanol–water partition coefficient (Wildman–Crippen LogP) is 1.99. The summed E-state index contributed by atoms with van der Waals surface area (Å²) in [5.74, 6) is 0.626. The second-order valence-electron chi connectivity index (χ2n) is 3.55. The summed E-state index contributed by atoms with van der Waals surface area (Å²) >= 11 is 10.9. The number of rotatable bonds is 4. The van der Waals surface area contributed by atoms with Crippen LogP contribution in [0, 0.1) is 0 Å². The number of hydrogen-bond donors (Lipinski definition) is 3. The molecule has 0 saturated heterocycles. The molecule has 2 heterocycles. The lowest BCUT2D eigenvalue weighted by molar-refractivity contribution is 0.853. The third-order valence-electron chi connectivity index (χ3n) is 2.19. The van der Waals surface area contributed by atoms with E-state index in [1.54, 1.807) is 24.7 Å². The van der Waals surface area contributed by atoms with Gasteiger partial charge >= 0.3 is 0 Å². The number of halogens is 1. The van der Waals surface area contributed by atoms with Gasteiger partial charge in [-0.05, 0) is 24.4 Å². The van der Waals surface area contributed by atoms with Crippen molar-refractivity contribution in [2.45, 2.75) is 6.42 Å². The second kappa shape index (κ2) is 6.32. The molecular weight excluding hydrogens is 270 g/mol. The zero-order valence-electron chi connectivity index (χ0n) is 9.48. The smallest absolute Gasteiger partial charge is 0.171 e. The molecule has 0 aromatic carbocycles. The first-order valence-electron chi connectivity index (χ1n) is 5.39. The Morgan fingerprint density at radius 1 is 1.44 bits per heavy atom. The minimum Gasteiger partial charge on any atom is -0.362 e. The van der Waals surface area contributed by atoms with Crippen molar-refractivity contribution in [2.24, 2.45) is 0 Å². The van der Waals surface area contributed by atoms with Gasteiger partial charge in [0.1, 0.15) is 11.0 Å². The molecule has 0 spiro atoms. The fourth-order valence-corrected chi connectivity index (χ4v) is 1.74. The molecule has 3 N–H and O–H groups in total. The van der Waals surface area contributed by atoms with Crippen LogP contribution in [0.2, 0.25) is 5.15 Å². The van der Waals surface area contributed by atoms with Crippen LogP contribution in [0.1, 0.15) is 5.69 Å². The van der Waals surface area contributed by atoms with Gasteiger partial charge in [-0.3, -0.25) is 0 Å². The summed E-state index contributed by atoms with van der Waals surface area (Å²) in [7, 11) is 0. The molecule has 94 valence electrons. The number of anilines is 1. The maximum Gasteiger partial charge on any atom is 0.171 e. The van der Waals surface area contributed by atoms with Gasteiger partial charge in [-0.1, -0.05) is 17.7 Å². The SMILES string of the molecule is S=C(NCCc1cnc[nH]1)Nc1cccc(Cl)n1. The number of thiocarbonyl (C=S) groups is 1. The maximum atomic E-state index is 5.77. The number of hydrogen-bond acceptors (Lipinski definition) is 3. The third-order valence-corrected chi connectivity index (χ3v) is 2.65. The van der Waals surface area contributed by atoms with Crippen molar-refractivity contribution in [3.8, 4) is 0 Å². The number of nitrogens with one attached hydrogen (secondary N) is 3. The molecule has 2 aromatic heterocycles. The minimum atomic E-state index is 0.431. The summed E-state index contributed by atoms with van der Waals surface area (Å²) < 4.78 is 0. The van der Waals surface area contributed by atoms with E-state index in [0.29, 0.717) is 22.6 Å². The molecule has 0 aliphatic carbocycles. The number of imidazole rings is 1. The first kappa shape index (κ1) is 12.8. The highest BCUT2D eigenvalue weighted by molar-refractivity contribution is 7.80. The highest BCUT2D eigenvalue weighted by Crippen LogP contribution is 2.08. The van der Waals surface area contributed by atoms with Crippen molar-refractivity contribution in [3.05, 3.63) is 41.6 Å². The van der Waals surface area contributed by atoms with Crippen molar-refractivity contribution >= 4 is 34.7 Å². The first-order valence-corrected chi connectivity index (χ1v) is 6.17. The van der Waals surface area contributed by atoms with E-state index in [1.807, 2.05) is 6.07 Å². The van der Waals surface area contributed by atoms with Crippen LogP contribution in [0.4, 0.5) is 5.82 Å². The molecule has 0 aliphatic rings. The fourth-order valence-electron chi connectivity index (χ4n) is 1.37. The van der Waals surface area contributed by atoms with Crippen LogP contribution in [-0.2, 0) is 6.42 Å². The van der Waals surface area contributed by atoms with Crippen LogP contribution in [0.5, 0.6) is 0 Å². The Bertz CT molecular complexity index is 514. The molecule has 0 radical (unpaired) electrons. The van der Waals surface area contributed by atoms with Crippen LogP contribution in [0.15, 0.2) is 30.7 Å². The Hall–Kier alpha value is -1.66. The molecule has 7 heteroatoms. The van der Waals surface area contributed by atoms with Crippen molar-refractivity contribution in [3.63, 3.8) is 0 Å². The van der Waals surface area contributed by atoms with Gasteiger partial charge in [0.05, 0.1) is 6.33 Å². The van der Waals surface area contributed by atoms with Crippen LogP contribution in [0.25, 0.3) is 0 Å². The molecule has 0 saturated carbocycles. The van der Waals surface area contributed by atoms with Gasteiger partial charge in [-0.25, -0.2) is 9.97 Å². The molecule has 5 nitrogen and oxygen atoms in total. The Morgan fingerprint density at radius 3 is 3.06 bits per heavy atom. The number of aromatic amines is 1. The average molecular weight is 282 g/mol. The normalized spacial score (nSPS) is 10.1. The molecule has 2 rings (SSSR count). The monoisotopic (exact) mass is 281 g/mol. The van der Waals surface area contributed by atoms with Crippen LogP contribution < -0.4 is 10.6 Å². The summed E-state index contributed by atoms with van der Waals surface area (Å²) in [6, 6.07) is 5.32. The van der Waals surface area contributed by atoms with Gasteiger partial charge in [0, 0.05) is 24.9 Å². The fraction of sp³-hybridized carbons (Fsp3) is 0.182. The van der Waals surface area contributed by atoms with Crippen LogP contribution in [-0.4, -0.2) is 26.6 Å².